The van der Waals surface area contributed by atoms with Gasteiger partial charge in [-0.3, -0.25) is 4.79 Å². The van der Waals surface area contributed by atoms with Crippen molar-refractivity contribution < 1.29 is 4.79 Å². The molecule has 1 N–H and O–H groups in total. The lowest BCUT2D eigenvalue weighted by Crippen LogP contribution is -2.39. The van der Waals surface area contributed by atoms with E-state index >= 15 is 0 Å². The Bertz CT molecular complexity index is 548. The number of hydrogen-bond acceptors (Lipinski definition) is 2. The fourth-order valence-electron chi connectivity index (χ4n) is 1.29. The number of nitrogens with zero attached hydrogens (tertiary/aromatic N) is 1. The van der Waals surface area contributed by atoms with Crippen LogP contribution in [-0.2, 0) is 4.79 Å². The number of hydrogen-bond donors (Lipinski definition) is 1. The minimum atomic E-state index is -0.316. The van der Waals surface area contributed by atoms with Crippen LogP contribution in [-0.4, -0.2) is 18.5 Å². The Kier molecular flexibility index (Phi) is 5.03. The molecule has 0 unspecified atom stereocenters. The highest BCUT2D eigenvalue weighted by Gasteiger charge is 2.11. The molecule has 1 rings (SSSR count). The Labute approximate surface area is 115 Å². The molecule has 0 aliphatic heterocycles. The summed E-state index contributed by atoms with van der Waals surface area (Å²) < 4.78 is 0. The Balaban J connectivity index is 2.59. The lowest BCUT2D eigenvalue weighted by Gasteiger charge is -2.17. The molecule has 0 radical (unpaired) electrons. The molecule has 0 heterocycles. The number of nitrogens with one attached hydrogen (secondary N) is 1. The van der Waals surface area contributed by atoms with Crippen LogP contribution < -0.4 is 10.2 Å². The van der Waals surface area contributed by atoms with Gasteiger partial charge in [-0.15, -0.1) is 0 Å². The molecule has 0 saturated heterocycles. The van der Waals surface area contributed by atoms with Crippen molar-refractivity contribution in [3.63, 3.8) is 0 Å². The van der Waals surface area contributed by atoms with Crippen molar-refractivity contribution >= 4 is 11.6 Å². The van der Waals surface area contributed by atoms with E-state index in [1.807, 2.05) is 58.2 Å². The number of carbonyl (C=O) groups excluding carboxylic acids is 1. The smallest absolute Gasteiger partial charge is 0.297 e. The molecule has 0 aromatic heterocycles. The largest absolute Gasteiger partial charge is 0.341 e. The lowest BCUT2D eigenvalue weighted by molar-refractivity contribution is -0.117. The van der Waals surface area contributed by atoms with Crippen LogP contribution in [0.15, 0.2) is 30.3 Å². The van der Waals surface area contributed by atoms with E-state index in [-0.39, 0.29) is 11.4 Å². The minimum absolute atomic E-state index is 0.278. The van der Waals surface area contributed by atoms with Gasteiger partial charge in [0.15, 0.2) is 0 Å². The second-order valence-corrected chi connectivity index (χ2v) is 5.09. The van der Waals surface area contributed by atoms with Crippen molar-refractivity contribution in [2.45, 2.75) is 26.3 Å². The van der Waals surface area contributed by atoms with Crippen LogP contribution in [0, 0.1) is 23.8 Å². The summed E-state index contributed by atoms with van der Waals surface area (Å²) >= 11 is 0. The van der Waals surface area contributed by atoms with Gasteiger partial charge in [0.05, 0.1) is 0 Å². The third-order valence-electron chi connectivity index (χ3n) is 2.09. The third kappa shape index (κ3) is 6.19. The topological polar surface area (TPSA) is 32.3 Å². The van der Waals surface area contributed by atoms with Gasteiger partial charge in [-0.1, -0.05) is 18.2 Å². The highest BCUT2D eigenvalue weighted by atomic mass is 16.1. The average molecular weight is 254 g/mol. The molecule has 1 amide bonds. The summed E-state index contributed by atoms with van der Waals surface area (Å²) in [5.74, 6) is 7.33. The van der Waals surface area contributed by atoms with E-state index in [4.69, 9.17) is 0 Å². The fourth-order valence-corrected chi connectivity index (χ4v) is 1.29. The Morgan fingerprint density at radius 2 is 1.79 bits per heavy atom. The second kappa shape index (κ2) is 6.52. The molecular formula is C16H18N2O. The van der Waals surface area contributed by atoms with Gasteiger partial charge in [-0.05, 0) is 38.8 Å². The normalized spacial score (nSPS) is 9.47. The molecule has 0 aliphatic rings. The number of benzene rings is 1. The predicted molar refractivity (Wildman–Crippen MR) is 78.3 cm³/mol. The average Bonchev–Trinajstić information content (AvgIpc) is 2.33. The molecule has 0 atom stereocenters. The van der Waals surface area contributed by atoms with Gasteiger partial charge in [-0.2, -0.15) is 0 Å². The van der Waals surface area contributed by atoms with Crippen LogP contribution in [0.3, 0.4) is 0 Å². The van der Waals surface area contributed by atoms with Crippen molar-refractivity contribution in [2.75, 3.05) is 11.9 Å². The summed E-state index contributed by atoms with van der Waals surface area (Å²) in [4.78, 5) is 13.2. The first-order valence-corrected chi connectivity index (χ1v) is 6.01. The molecule has 3 nitrogen and oxygen atoms in total. The maximum Gasteiger partial charge on any atom is 0.297 e. The summed E-state index contributed by atoms with van der Waals surface area (Å²) in [6.45, 7) is 5.71. The number of rotatable bonds is 1. The molecule has 3 heteroatoms. The van der Waals surface area contributed by atoms with E-state index in [1.54, 1.807) is 4.90 Å². The molecule has 19 heavy (non-hydrogen) atoms. The summed E-state index contributed by atoms with van der Waals surface area (Å²) in [5, 5.41) is 2.75. The predicted octanol–water partition coefficient (Wildman–Crippen LogP) is 2.00. The van der Waals surface area contributed by atoms with Gasteiger partial charge in [-0.25, -0.2) is 0 Å². The Hall–Kier alpha value is -2.39. The Morgan fingerprint density at radius 1 is 1.16 bits per heavy atom. The zero-order valence-corrected chi connectivity index (χ0v) is 11.7. The molecule has 0 fully saturated rings. The van der Waals surface area contributed by atoms with Crippen LogP contribution in [0.4, 0.5) is 5.69 Å². The molecule has 0 aliphatic carbocycles. The van der Waals surface area contributed by atoms with E-state index in [0.29, 0.717) is 0 Å². The molecule has 0 spiro atoms. The number of carbonyl (C=O) groups is 1. The monoisotopic (exact) mass is 254 g/mol. The SMILES string of the molecule is CN(C#CC#CC(=O)NC(C)(C)C)c1ccccc1. The minimum Gasteiger partial charge on any atom is -0.341 e. The number of anilines is 1. The number of para-hydroxylation sites is 1. The zero-order valence-electron chi connectivity index (χ0n) is 11.7. The van der Waals surface area contributed by atoms with Crippen molar-refractivity contribution in [3.8, 4) is 23.8 Å². The molecular weight excluding hydrogens is 236 g/mol. The summed E-state index contributed by atoms with van der Waals surface area (Å²) in [6.07, 6.45) is 0. The van der Waals surface area contributed by atoms with Gasteiger partial charge in [0.2, 0.25) is 0 Å². The highest BCUT2D eigenvalue weighted by Crippen LogP contribution is 2.08. The Morgan fingerprint density at radius 3 is 2.37 bits per heavy atom. The second-order valence-electron chi connectivity index (χ2n) is 5.09. The first-order chi connectivity index (χ1) is 8.88. The van der Waals surface area contributed by atoms with E-state index in [2.05, 4.69) is 29.1 Å². The van der Waals surface area contributed by atoms with Gasteiger partial charge < -0.3 is 10.2 Å². The van der Waals surface area contributed by atoms with Crippen LogP contribution in [0.25, 0.3) is 0 Å². The molecule has 1 aromatic rings. The van der Waals surface area contributed by atoms with Crippen LogP contribution in [0.1, 0.15) is 20.8 Å². The van der Waals surface area contributed by atoms with E-state index < -0.39 is 0 Å². The molecule has 0 saturated carbocycles. The fraction of sp³-hybridized carbons (Fsp3) is 0.312. The van der Waals surface area contributed by atoms with Crippen LogP contribution in [0.2, 0.25) is 0 Å². The highest BCUT2D eigenvalue weighted by molar-refractivity contribution is 5.94. The van der Waals surface area contributed by atoms with E-state index in [0.717, 1.165) is 5.69 Å². The van der Waals surface area contributed by atoms with Crippen LogP contribution in [0.5, 0.6) is 0 Å². The van der Waals surface area contributed by atoms with Gasteiger partial charge >= 0.3 is 0 Å². The van der Waals surface area contributed by atoms with Crippen molar-refractivity contribution in [3.05, 3.63) is 30.3 Å². The first-order valence-electron chi connectivity index (χ1n) is 6.01. The zero-order chi connectivity index (χ0) is 14.3. The van der Waals surface area contributed by atoms with Gasteiger partial charge in [0, 0.05) is 36.2 Å². The maximum absolute atomic E-state index is 11.4. The maximum atomic E-state index is 11.4. The molecule has 98 valence electrons. The van der Waals surface area contributed by atoms with E-state index in [9.17, 15) is 4.79 Å². The standard InChI is InChI=1S/C16H18N2O/c1-16(2,3)17-15(19)12-8-9-13-18(4)14-10-6-5-7-11-14/h5-7,10-11H,1-4H3,(H,17,19). The summed E-state index contributed by atoms with van der Waals surface area (Å²) in [5.41, 5.74) is 0.705. The lowest BCUT2D eigenvalue weighted by atomic mass is 10.1. The molecule has 0 bridgehead atoms. The van der Waals surface area contributed by atoms with Crippen LogP contribution >= 0.6 is 0 Å². The number of amides is 1. The van der Waals surface area contributed by atoms with Gasteiger partial charge in [0.25, 0.3) is 5.91 Å². The summed E-state index contributed by atoms with van der Waals surface area (Å²) in [6, 6.07) is 12.6. The van der Waals surface area contributed by atoms with E-state index in [1.165, 1.54) is 0 Å². The molecule has 1 aromatic carbocycles. The summed E-state index contributed by atoms with van der Waals surface area (Å²) in [7, 11) is 1.85. The third-order valence-corrected chi connectivity index (χ3v) is 2.09. The van der Waals surface area contributed by atoms with Crippen molar-refractivity contribution in [1.29, 1.82) is 0 Å². The quantitative estimate of drug-likeness (QED) is 0.614. The van der Waals surface area contributed by atoms with Crippen molar-refractivity contribution in [1.82, 2.24) is 5.32 Å². The first kappa shape index (κ1) is 14.7. The van der Waals surface area contributed by atoms with Crippen molar-refractivity contribution in [2.24, 2.45) is 0 Å². The van der Waals surface area contributed by atoms with Gasteiger partial charge in [0.1, 0.15) is 0 Å².